The summed E-state index contributed by atoms with van der Waals surface area (Å²) in [5.74, 6) is 0. The molecule has 28 valence electrons. The van der Waals surface area contributed by atoms with Crippen LogP contribution >= 0.6 is 0 Å². The third-order valence-electron chi connectivity index (χ3n) is 0.322. The highest BCUT2D eigenvalue weighted by molar-refractivity contribution is 5.49. The van der Waals surface area contributed by atoms with Crippen molar-refractivity contribution in [2.24, 2.45) is 0 Å². The molecule has 0 amide bonds. The summed E-state index contributed by atoms with van der Waals surface area (Å²) in [6, 6.07) is 0. The maximum absolute atomic E-state index is 9.36. The van der Waals surface area contributed by atoms with Crippen molar-refractivity contribution >= 4 is 6.29 Å². The Hall–Kier alpha value is -0.460. The molecule has 1 heteroatoms. The average Bonchev–Trinajstić information content (AvgIpc) is 1.41. The summed E-state index contributed by atoms with van der Waals surface area (Å²) in [6.45, 7) is 3.44. The summed E-state index contributed by atoms with van der Waals surface area (Å²) in [6.07, 6.45) is 2.19. The van der Waals surface area contributed by atoms with E-state index in [2.05, 4.69) is 6.92 Å². The van der Waals surface area contributed by atoms with E-state index in [-0.39, 0.29) is 0 Å². The molecule has 0 radical (unpaired) electrons. The number of aldehydes is 1. The van der Waals surface area contributed by atoms with Crippen LogP contribution in [0.25, 0.3) is 0 Å². The van der Waals surface area contributed by atoms with Crippen molar-refractivity contribution in [3.63, 3.8) is 0 Å². The molecular weight excluding hydrogens is 64.0 g/mol. The molecule has 0 saturated carbocycles. The Kier molecular flexibility index (Phi) is 3.21. The van der Waals surface area contributed by atoms with Crippen LogP contribution in [0.1, 0.15) is 12.8 Å². The molecule has 0 atom stereocenters. The summed E-state index contributed by atoms with van der Waals surface area (Å²) < 4.78 is 0. The van der Waals surface area contributed by atoms with Crippen molar-refractivity contribution in [3.8, 4) is 0 Å². The maximum Gasteiger partial charge on any atom is 0.124 e. The van der Waals surface area contributed by atoms with E-state index in [1.54, 1.807) is 0 Å². The average molecular weight is 71.1 g/mol. The van der Waals surface area contributed by atoms with E-state index in [1.807, 2.05) is 0 Å². The van der Waals surface area contributed by atoms with Crippen molar-refractivity contribution in [3.05, 3.63) is 6.92 Å². The SMILES string of the molecule is [CH2+]CCC=O. The Morgan fingerprint density at radius 1 is 1.80 bits per heavy atom. The first-order valence-electron chi connectivity index (χ1n) is 1.64. The molecule has 0 aliphatic rings. The Balaban J connectivity index is 2.40. The van der Waals surface area contributed by atoms with Crippen molar-refractivity contribution in [1.29, 1.82) is 0 Å². The first-order valence-corrected chi connectivity index (χ1v) is 1.64. The number of rotatable bonds is 2. The van der Waals surface area contributed by atoms with Gasteiger partial charge in [0.2, 0.25) is 0 Å². The summed E-state index contributed by atoms with van der Waals surface area (Å²) in [4.78, 5) is 9.36. The van der Waals surface area contributed by atoms with Crippen LogP contribution in [0.15, 0.2) is 0 Å². The molecular formula is C4H7O+. The van der Waals surface area contributed by atoms with E-state index >= 15 is 0 Å². The highest BCUT2D eigenvalue weighted by Crippen LogP contribution is 1.73. The molecule has 0 aromatic rings. The third kappa shape index (κ3) is 3.54. The number of carbonyl (C=O) groups excluding carboxylic acids is 1. The lowest BCUT2D eigenvalue weighted by Crippen LogP contribution is -1.65. The molecule has 0 aromatic carbocycles. The molecule has 0 fully saturated rings. The van der Waals surface area contributed by atoms with Gasteiger partial charge in [0.1, 0.15) is 6.29 Å². The van der Waals surface area contributed by atoms with Crippen LogP contribution in [-0.2, 0) is 4.79 Å². The predicted molar refractivity (Wildman–Crippen MR) is 20.7 cm³/mol. The fourth-order valence-corrected chi connectivity index (χ4v) is 0.0833. The molecule has 0 unspecified atom stereocenters. The smallest absolute Gasteiger partial charge is 0.124 e. The summed E-state index contributed by atoms with van der Waals surface area (Å²) in [5, 5.41) is 0. The quantitative estimate of drug-likeness (QED) is 0.347. The third-order valence-corrected chi connectivity index (χ3v) is 0.322. The number of hydrogen-bond donors (Lipinski definition) is 0. The first-order chi connectivity index (χ1) is 2.41. The van der Waals surface area contributed by atoms with Gasteiger partial charge in [0, 0.05) is 6.42 Å². The van der Waals surface area contributed by atoms with Crippen LogP contribution in [0, 0.1) is 6.92 Å². The highest BCUT2D eigenvalue weighted by atomic mass is 16.1. The van der Waals surface area contributed by atoms with Gasteiger partial charge < -0.3 is 4.79 Å². The monoisotopic (exact) mass is 71.0 g/mol. The van der Waals surface area contributed by atoms with Crippen LogP contribution < -0.4 is 0 Å². The zero-order valence-electron chi connectivity index (χ0n) is 3.11. The standard InChI is InChI=1S/C4H7O/c1-2-3-4-5/h4H,1-3H2/q+1. The molecule has 0 saturated heterocycles. The number of unbranched alkanes of at least 4 members (excludes halogenated alkanes) is 1. The van der Waals surface area contributed by atoms with Crippen LogP contribution in [0.5, 0.6) is 0 Å². The largest absolute Gasteiger partial charge is 0.303 e. The van der Waals surface area contributed by atoms with Crippen LogP contribution in [0.3, 0.4) is 0 Å². The zero-order valence-corrected chi connectivity index (χ0v) is 3.11. The van der Waals surface area contributed by atoms with Gasteiger partial charge in [-0.05, 0) is 0 Å². The molecule has 1 nitrogen and oxygen atoms in total. The van der Waals surface area contributed by atoms with Crippen LogP contribution in [0.4, 0.5) is 0 Å². The van der Waals surface area contributed by atoms with Crippen molar-refractivity contribution in [2.45, 2.75) is 12.8 Å². The van der Waals surface area contributed by atoms with E-state index in [0.29, 0.717) is 6.42 Å². The summed E-state index contributed by atoms with van der Waals surface area (Å²) >= 11 is 0. The molecule has 0 N–H and O–H groups in total. The molecule has 5 heavy (non-hydrogen) atoms. The number of carbonyl (C=O) groups is 1. The zero-order chi connectivity index (χ0) is 4.12. The fourth-order valence-electron chi connectivity index (χ4n) is 0.0833. The second kappa shape index (κ2) is 3.54. The molecule has 0 bridgehead atoms. The van der Waals surface area contributed by atoms with E-state index in [4.69, 9.17) is 0 Å². The predicted octanol–water partition coefficient (Wildman–Crippen LogP) is 0.800. The summed E-state index contributed by atoms with van der Waals surface area (Å²) in [7, 11) is 0. The van der Waals surface area contributed by atoms with E-state index in [1.165, 1.54) is 0 Å². The minimum atomic E-state index is 0.597. The Labute approximate surface area is 32.0 Å². The van der Waals surface area contributed by atoms with Gasteiger partial charge >= 0.3 is 0 Å². The van der Waals surface area contributed by atoms with Crippen molar-refractivity contribution < 1.29 is 4.79 Å². The second-order valence-corrected chi connectivity index (χ2v) is 0.809. The molecule has 0 rings (SSSR count). The van der Waals surface area contributed by atoms with E-state index in [9.17, 15) is 4.79 Å². The topological polar surface area (TPSA) is 17.1 Å². The minimum Gasteiger partial charge on any atom is -0.303 e. The van der Waals surface area contributed by atoms with E-state index in [0.717, 1.165) is 12.7 Å². The fraction of sp³-hybridized carbons (Fsp3) is 0.500. The Morgan fingerprint density at radius 3 is 2.40 bits per heavy atom. The lowest BCUT2D eigenvalue weighted by atomic mass is 10.4. The van der Waals surface area contributed by atoms with Crippen molar-refractivity contribution in [1.82, 2.24) is 0 Å². The van der Waals surface area contributed by atoms with Gasteiger partial charge in [-0.2, -0.15) is 0 Å². The normalized spacial score (nSPS) is 7.20. The highest BCUT2D eigenvalue weighted by Gasteiger charge is 1.74. The van der Waals surface area contributed by atoms with Gasteiger partial charge in [0.15, 0.2) is 0 Å². The van der Waals surface area contributed by atoms with Crippen molar-refractivity contribution in [2.75, 3.05) is 0 Å². The van der Waals surface area contributed by atoms with Gasteiger partial charge in [-0.15, -0.1) is 0 Å². The number of hydrogen-bond acceptors (Lipinski definition) is 1. The minimum absolute atomic E-state index is 0.597. The first kappa shape index (κ1) is 4.54. The molecule has 0 aromatic heterocycles. The van der Waals surface area contributed by atoms with Crippen LogP contribution in [-0.4, -0.2) is 6.29 Å². The molecule has 0 spiro atoms. The molecule has 0 aliphatic heterocycles. The van der Waals surface area contributed by atoms with Gasteiger partial charge in [-0.1, -0.05) is 0 Å². The van der Waals surface area contributed by atoms with Gasteiger partial charge in [0.05, 0.1) is 13.3 Å². The molecule has 0 heterocycles. The second-order valence-electron chi connectivity index (χ2n) is 0.809. The summed E-state index contributed by atoms with van der Waals surface area (Å²) in [5.41, 5.74) is 0. The molecule has 0 aliphatic carbocycles. The Bertz CT molecular complexity index is 24.8. The maximum atomic E-state index is 9.36. The van der Waals surface area contributed by atoms with E-state index < -0.39 is 0 Å². The lowest BCUT2D eigenvalue weighted by Gasteiger charge is -1.61. The Morgan fingerprint density at radius 2 is 2.40 bits per heavy atom. The van der Waals surface area contributed by atoms with Crippen LogP contribution in [0.2, 0.25) is 0 Å². The van der Waals surface area contributed by atoms with Gasteiger partial charge in [-0.25, -0.2) is 0 Å². The van der Waals surface area contributed by atoms with Gasteiger partial charge in [0.25, 0.3) is 0 Å². The lowest BCUT2D eigenvalue weighted by molar-refractivity contribution is -0.107. The van der Waals surface area contributed by atoms with Gasteiger partial charge in [-0.3, -0.25) is 0 Å².